The lowest BCUT2D eigenvalue weighted by Crippen LogP contribution is -2.36. The molecule has 0 aliphatic carbocycles. The van der Waals surface area contributed by atoms with Crippen LogP contribution in [0.1, 0.15) is 22.4 Å². The van der Waals surface area contributed by atoms with Crippen molar-refractivity contribution >= 4 is 27.5 Å². The normalized spacial score (nSPS) is 11.8. The van der Waals surface area contributed by atoms with Gasteiger partial charge in [0.05, 0.1) is 12.2 Å². The van der Waals surface area contributed by atoms with Gasteiger partial charge in [-0.25, -0.2) is 4.98 Å². The summed E-state index contributed by atoms with van der Waals surface area (Å²) in [5.41, 5.74) is 5.73. The second kappa shape index (κ2) is 7.70. The Labute approximate surface area is 156 Å². The van der Waals surface area contributed by atoms with E-state index in [4.69, 9.17) is 0 Å². The Morgan fingerprint density at radius 1 is 1.12 bits per heavy atom. The Morgan fingerprint density at radius 2 is 1.92 bits per heavy atom. The van der Waals surface area contributed by atoms with Crippen LogP contribution in [0.3, 0.4) is 0 Å². The van der Waals surface area contributed by atoms with Crippen molar-refractivity contribution in [3.05, 3.63) is 69.6 Å². The molecule has 3 aromatic rings. The summed E-state index contributed by atoms with van der Waals surface area (Å²) in [5, 5.41) is 6.67. The zero-order valence-corrected chi connectivity index (χ0v) is 16.3. The second-order valence-corrected chi connectivity index (χ2v) is 6.97. The summed E-state index contributed by atoms with van der Waals surface area (Å²) in [6.07, 6.45) is 4.02. The van der Waals surface area contributed by atoms with E-state index in [0.29, 0.717) is 6.54 Å². The maximum absolute atomic E-state index is 4.60. The molecule has 0 unspecified atom stereocenters. The zero-order valence-electron chi connectivity index (χ0n) is 14.7. The first-order valence-corrected chi connectivity index (χ1v) is 8.98. The van der Waals surface area contributed by atoms with Crippen molar-refractivity contribution < 1.29 is 0 Å². The first-order valence-electron chi connectivity index (χ1n) is 8.19. The molecular formula is C19H22BrN5. The van der Waals surface area contributed by atoms with Crippen molar-refractivity contribution in [3.63, 3.8) is 0 Å². The Hall–Kier alpha value is -2.34. The van der Waals surface area contributed by atoms with Crippen molar-refractivity contribution in [2.24, 2.45) is 4.99 Å². The van der Waals surface area contributed by atoms with E-state index in [9.17, 15) is 0 Å². The number of imidazole rings is 1. The van der Waals surface area contributed by atoms with Crippen LogP contribution >= 0.6 is 15.9 Å². The highest BCUT2D eigenvalue weighted by molar-refractivity contribution is 9.10. The molecule has 25 heavy (non-hydrogen) atoms. The smallest absolute Gasteiger partial charge is 0.191 e. The summed E-state index contributed by atoms with van der Waals surface area (Å²) in [7, 11) is 1.78. The fourth-order valence-electron chi connectivity index (χ4n) is 2.72. The van der Waals surface area contributed by atoms with Gasteiger partial charge in [0.15, 0.2) is 5.96 Å². The molecule has 2 aromatic heterocycles. The number of pyridine rings is 1. The monoisotopic (exact) mass is 399 g/mol. The van der Waals surface area contributed by atoms with Gasteiger partial charge in [-0.05, 0) is 53.0 Å². The van der Waals surface area contributed by atoms with Crippen molar-refractivity contribution in [1.29, 1.82) is 0 Å². The van der Waals surface area contributed by atoms with Crippen LogP contribution in [0.15, 0.2) is 52.2 Å². The highest BCUT2D eigenvalue weighted by Gasteiger charge is 2.05. The van der Waals surface area contributed by atoms with E-state index >= 15 is 0 Å². The van der Waals surface area contributed by atoms with E-state index in [1.807, 2.05) is 28.9 Å². The Morgan fingerprint density at radius 3 is 2.68 bits per heavy atom. The number of aryl methyl sites for hydroxylation is 2. The molecule has 0 aliphatic heterocycles. The highest BCUT2D eigenvalue weighted by atomic mass is 79.9. The summed E-state index contributed by atoms with van der Waals surface area (Å²) in [4.78, 5) is 8.88. The number of hydrogen-bond acceptors (Lipinski definition) is 2. The van der Waals surface area contributed by atoms with Gasteiger partial charge in [-0.3, -0.25) is 4.99 Å². The largest absolute Gasteiger partial charge is 0.352 e. The molecular weight excluding hydrogens is 378 g/mol. The predicted octanol–water partition coefficient (Wildman–Crippen LogP) is 3.58. The van der Waals surface area contributed by atoms with Crippen LogP contribution in [0.5, 0.6) is 0 Å². The Balaban J connectivity index is 1.60. The number of aromatic nitrogens is 2. The molecule has 0 amide bonds. The number of halogens is 1. The number of fused-ring (bicyclic) bond motifs is 1. The molecule has 6 heteroatoms. The fourth-order valence-corrected chi connectivity index (χ4v) is 3.07. The van der Waals surface area contributed by atoms with Gasteiger partial charge >= 0.3 is 0 Å². The third-order valence-corrected chi connectivity index (χ3v) is 4.54. The molecule has 0 aliphatic rings. The molecule has 3 rings (SSSR count). The van der Waals surface area contributed by atoms with Crippen LogP contribution < -0.4 is 10.6 Å². The van der Waals surface area contributed by atoms with Crippen molar-refractivity contribution in [1.82, 2.24) is 20.0 Å². The summed E-state index contributed by atoms with van der Waals surface area (Å²) in [6, 6.07) is 10.5. The maximum Gasteiger partial charge on any atom is 0.191 e. The minimum atomic E-state index is 0.617. The van der Waals surface area contributed by atoms with Crippen molar-refractivity contribution in [2.45, 2.75) is 26.9 Å². The number of nitrogens with zero attached hydrogens (tertiary/aromatic N) is 3. The SMILES string of the molecule is CN=C(NCc1cn2cc(Br)ccc2n1)NCc1ccc(C)cc1C. The third kappa shape index (κ3) is 4.39. The fraction of sp³-hybridized carbons (Fsp3) is 0.263. The Kier molecular flexibility index (Phi) is 5.38. The van der Waals surface area contributed by atoms with Gasteiger partial charge in [0, 0.05) is 30.5 Å². The number of rotatable bonds is 4. The summed E-state index contributed by atoms with van der Waals surface area (Å²) in [5.74, 6) is 0.762. The molecule has 5 nitrogen and oxygen atoms in total. The lowest BCUT2D eigenvalue weighted by Gasteiger charge is -2.12. The lowest BCUT2D eigenvalue weighted by atomic mass is 10.1. The number of aliphatic imine (C=N–C) groups is 1. The van der Waals surface area contributed by atoms with Crippen LogP contribution in [0.4, 0.5) is 0 Å². The van der Waals surface area contributed by atoms with E-state index < -0.39 is 0 Å². The van der Waals surface area contributed by atoms with Crippen molar-refractivity contribution in [2.75, 3.05) is 7.05 Å². The van der Waals surface area contributed by atoms with E-state index in [0.717, 1.165) is 28.3 Å². The molecule has 2 heterocycles. The van der Waals surface area contributed by atoms with Crippen LogP contribution in [0, 0.1) is 13.8 Å². The average molecular weight is 400 g/mol. The molecule has 0 spiro atoms. The quantitative estimate of drug-likeness (QED) is 0.520. The molecule has 0 fully saturated rings. The second-order valence-electron chi connectivity index (χ2n) is 6.05. The topological polar surface area (TPSA) is 53.7 Å². The van der Waals surface area contributed by atoms with Gasteiger partial charge in [0.25, 0.3) is 0 Å². The summed E-state index contributed by atoms with van der Waals surface area (Å²) >= 11 is 3.47. The lowest BCUT2D eigenvalue weighted by molar-refractivity contribution is 0.796. The number of nitrogens with one attached hydrogen (secondary N) is 2. The number of guanidine groups is 1. The van der Waals surface area contributed by atoms with Crippen molar-refractivity contribution in [3.8, 4) is 0 Å². The minimum Gasteiger partial charge on any atom is -0.352 e. The standard InChI is InChI=1S/C19H22BrN5/c1-13-4-5-15(14(2)8-13)9-22-19(21-3)23-10-17-12-25-11-16(20)6-7-18(25)24-17/h4-8,11-12H,9-10H2,1-3H3,(H2,21,22,23). The van der Waals surface area contributed by atoms with Crippen LogP contribution in [0.2, 0.25) is 0 Å². The first-order chi connectivity index (χ1) is 12.0. The van der Waals surface area contributed by atoms with Gasteiger partial charge in [-0.1, -0.05) is 23.8 Å². The van der Waals surface area contributed by atoms with Gasteiger partial charge in [0.2, 0.25) is 0 Å². The Bertz CT molecular complexity index is 913. The molecule has 2 N–H and O–H groups in total. The molecule has 0 bridgehead atoms. The molecule has 0 saturated carbocycles. The van der Waals surface area contributed by atoms with Gasteiger partial charge in [-0.15, -0.1) is 0 Å². The van der Waals surface area contributed by atoms with Crippen LogP contribution in [-0.2, 0) is 13.1 Å². The molecule has 1 aromatic carbocycles. The number of benzene rings is 1. The van der Waals surface area contributed by atoms with E-state index in [-0.39, 0.29) is 0 Å². The molecule has 0 radical (unpaired) electrons. The maximum atomic E-state index is 4.60. The van der Waals surface area contributed by atoms with E-state index in [2.05, 4.69) is 68.6 Å². The summed E-state index contributed by atoms with van der Waals surface area (Å²) < 4.78 is 3.04. The highest BCUT2D eigenvalue weighted by Crippen LogP contribution is 2.12. The minimum absolute atomic E-state index is 0.617. The van der Waals surface area contributed by atoms with E-state index in [1.165, 1.54) is 16.7 Å². The van der Waals surface area contributed by atoms with Crippen LogP contribution in [0.25, 0.3) is 5.65 Å². The third-order valence-electron chi connectivity index (χ3n) is 4.07. The van der Waals surface area contributed by atoms with Crippen LogP contribution in [-0.4, -0.2) is 22.4 Å². The zero-order chi connectivity index (χ0) is 17.8. The van der Waals surface area contributed by atoms with Gasteiger partial charge < -0.3 is 15.0 Å². The number of hydrogen-bond donors (Lipinski definition) is 2. The molecule has 130 valence electrons. The average Bonchev–Trinajstić information content (AvgIpc) is 2.98. The molecule has 0 saturated heterocycles. The molecule has 0 atom stereocenters. The van der Waals surface area contributed by atoms with Gasteiger partial charge in [0.1, 0.15) is 5.65 Å². The summed E-state index contributed by atoms with van der Waals surface area (Å²) in [6.45, 7) is 5.60. The predicted molar refractivity (Wildman–Crippen MR) is 106 cm³/mol. The van der Waals surface area contributed by atoms with E-state index in [1.54, 1.807) is 7.05 Å². The van der Waals surface area contributed by atoms with Gasteiger partial charge in [-0.2, -0.15) is 0 Å². The first kappa shape index (κ1) is 17.5.